The van der Waals surface area contributed by atoms with Crippen LogP contribution in [0.1, 0.15) is 278 Å². The Kier molecular flexibility index (Phi) is 15.7. The summed E-state index contributed by atoms with van der Waals surface area (Å²) in [7, 11) is 0. The zero-order chi connectivity index (χ0) is 81.6. The van der Waals surface area contributed by atoms with Crippen molar-refractivity contribution >= 4 is 11.3 Å². The summed E-state index contributed by atoms with van der Waals surface area (Å²) in [6, 6.07) is 0. The fourth-order valence-corrected chi connectivity index (χ4v) is 5.84. The first kappa shape index (κ1) is 34.6. The van der Waals surface area contributed by atoms with E-state index in [9.17, 15) is 0 Å². The van der Waals surface area contributed by atoms with Gasteiger partial charge in [-0.1, -0.05) is 116 Å². The van der Waals surface area contributed by atoms with Crippen LogP contribution in [0.25, 0.3) is 0 Å². The van der Waals surface area contributed by atoms with Crippen molar-refractivity contribution in [3.8, 4) is 0 Å². The molecule has 0 amide bonds. The molecule has 76 heavy (non-hydrogen) atoms. The number of rotatable bonds is 10. The number of imidazole rings is 2. The van der Waals surface area contributed by atoms with E-state index in [1.165, 1.54) is 52.8 Å². The Morgan fingerprint density at radius 1 is 0.539 bits per heavy atom. The second kappa shape index (κ2) is 34.5. The van der Waals surface area contributed by atoms with E-state index >= 15 is 0 Å². The third-order valence-corrected chi connectivity index (χ3v) is 10.8. The SMILES string of the molecule is [2H]C([2H])(C)n1cc(C(C)C)cn1.[2H]C([2H])(C)n1cc(C(C)C)nn1.[2H]C([2H])([2H])c1ncc(C(C)C)n1C([2H])([2H])[2H].[2H]C([2H])([2H])c1ncc(C(C)C)o1.[2H]C([2H])([2H])c1nnc(C(C)C)n1C([2H])([2H])[2H].[2H]C([2H])([2H])c1nnc(C(C)C)s1.[2H]C([2H])([2H])n1cncc1C(C)C.[2H]C([2H])([2H])n1cnnc1C(C)C. The van der Waals surface area contributed by atoms with Crippen molar-refractivity contribution in [3.63, 3.8) is 0 Å². The van der Waals surface area contributed by atoms with Crippen LogP contribution in [0.2, 0.25) is 0 Å². The molecule has 0 N–H and O–H groups in total. The first-order chi connectivity index (χ1) is 46.6. The molecular weight excluding hydrogens is 973 g/mol. The van der Waals surface area contributed by atoms with Crippen molar-refractivity contribution in [2.24, 2.45) is 27.9 Å². The lowest BCUT2D eigenvalue weighted by Gasteiger charge is -2.05. The van der Waals surface area contributed by atoms with E-state index in [2.05, 4.69) is 74.8 Å². The molecule has 20 heteroatoms. The van der Waals surface area contributed by atoms with Crippen molar-refractivity contribution in [3.05, 3.63) is 117 Å². The van der Waals surface area contributed by atoms with Gasteiger partial charge < -0.3 is 22.7 Å². The molecule has 0 bridgehead atoms. The summed E-state index contributed by atoms with van der Waals surface area (Å²) in [5.41, 5.74) is 3.04. The Morgan fingerprint density at radius 3 is 1.62 bits per heavy atom. The third-order valence-electron chi connectivity index (χ3n) is 9.79. The van der Waals surface area contributed by atoms with Crippen LogP contribution in [0.15, 0.2) is 54.3 Å². The normalized spacial score (nSPS) is 17.9. The molecule has 0 aromatic carbocycles. The minimum absolute atomic E-state index is 0.0768. The lowest BCUT2D eigenvalue weighted by Crippen LogP contribution is -2.00. The van der Waals surface area contributed by atoms with E-state index in [1.807, 2.05) is 69.2 Å². The van der Waals surface area contributed by atoms with Crippen molar-refractivity contribution in [1.82, 2.24) is 88.6 Å². The van der Waals surface area contributed by atoms with Gasteiger partial charge in [-0.05, 0) is 63.6 Å². The van der Waals surface area contributed by atoms with Crippen molar-refractivity contribution < 1.29 is 42.8 Å². The van der Waals surface area contributed by atoms with Gasteiger partial charge in [0.05, 0.1) is 29.9 Å². The molecule has 0 radical (unpaired) electrons. The van der Waals surface area contributed by atoms with Crippen LogP contribution in [0.3, 0.4) is 0 Å². The van der Waals surface area contributed by atoms with Gasteiger partial charge in [0.15, 0.2) is 5.89 Å². The molecule has 0 saturated carbocycles. The molecular formula is C56H98N18OS. The molecule has 0 spiro atoms. The Balaban J connectivity index is 0.000000596. The third kappa shape index (κ3) is 24.2. The molecule has 0 fully saturated rings. The Bertz CT molecular complexity index is 3430. The highest BCUT2D eigenvalue weighted by Gasteiger charge is 2.09. The van der Waals surface area contributed by atoms with Crippen molar-refractivity contribution in [2.45, 2.75) is 212 Å². The minimum atomic E-state index is -2.58. The van der Waals surface area contributed by atoms with Gasteiger partial charge in [0, 0.05) is 140 Å². The number of aromatic nitrogens is 18. The van der Waals surface area contributed by atoms with Crippen LogP contribution in [-0.4, -0.2) is 88.6 Å². The van der Waals surface area contributed by atoms with E-state index in [-0.39, 0.29) is 58.1 Å². The van der Waals surface area contributed by atoms with Gasteiger partial charge in [-0.3, -0.25) is 9.36 Å². The molecule has 0 saturated heterocycles. The maximum Gasteiger partial charge on any atom is 0.191 e. The number of hydrogen-bond acceptors (Lipinski definition) is 14. The van der Waals surface area contributed by atoms with Crippen molar-refractivity contribution in [1.29, 1.82) is 0 Å². The molecule has 8 heterocycles. The van der Waals surface area contributed by atoms with E-state index in [1.54, 1.807) is 52.5 Å². The van der Waals surface area contributed by atoms with E-state index < -0.39 is 74.1 Å². The zero-order valence-corrected chi connectivity index (χ0v) is 47.9. The van der Waals surface area contributed by atoms with Crippen LogP contribution in [-0.2, 0) is 40.9 Å². The molecule has 0 aliphatic heterocycles. The average molecular weight is 1100 g/mol. The Hall–Kier alpha value is -6.18. The second-order valence-electron chi connectivity index (χ2n) is 18.8. The van der Waals surface area contributed by atoms with Gasteiger partial charge in [0.1, 0.15) is 45.4 Å². The van der Waals surface area contributed by atoms with Gasteiger partial charge in [0.2, 0.25) is 0 Å². The summed E-state index contributed by atoms with van der Waals surface area (Å²) in [5, 5.41) is 34.2. The van der Waals surface area contributed by atoms with Crippen LogP contribution in [0.4, 0.5) is 0 Å². The lowest BCUT2D eigenvalue weighted by atomic mass is 10.1. The quantitative estimate of drug-likeness (QED) is 0.125. The standard InChI is InChI=1S/2C8H14N2.2C7H13N3.C7H12N2.C7H11NO.C6H11N3.C6H10N2S/c1-6(2)8-5-9-7(3)10(8)4;1-4-10-6-8(5-9-10)7(2)3;1-5(2)7-9-8-6(3)10(7)4;1-4-10-5-7(6(2)3)8-9-10;1-6(2)7-4-8-5-9(7)3;1-5(2)7-4-8-6(3)9-7;1-5(2)6-8-7-4-9(6)3;1-4(2)6-8-7-5(3)9-6/h5-6H,1-4H3;5-7H,4H2,1-3H3;5H,1-4H3;5-6H,4H2,1-3H3;4-6H,1-3H3;2*4-5H,1-3H3;4H,1-3H3/i3D3,4D3;4D2;3D3,4D3;4D2;4*3D3. The summed E-state index contributed by atoms with van der Waals surface area (Å²) in [4.78, 5) is 11.2. The number of nitrogens with zero attached hydrogens (tertiary/aromatic N) is 18. The fraction of sp³-hybridized carbons (Fsp3) is 0.643. The maximum absolute atomic E-state index is 7.39. The highest BCUT2D eigenvalue weighted by molar-refractivity contribution is 7.11. The van der Waals surface area contributed by atoms with Crippen LogP contribution in [0.5, 0.6) is 0 Å². The molecule has 0 atom stereocenters. The Labute approximate surface area is 500 Å². The monoisotopic (exact) mass is 1100 g/mol. The summed E-state index contributed by atoms with van der Waals surface area (Å²) < 4.78 is 214. The smallest absolute Gasteiger partial charge is 0.191 e. The highest BCUT2D eigenvalue weighted by atomic mass is 32.1. The van der Waals surface area contributed by atoms with Gasteiger partial charge in [-0.15, -0.1) is 47.0 Å². The summed E-state index contributed by atoms with van der Waals surface area (Å²) in [5.74, 6) is 1.31. The topological polar surface area (TPSA) is 197 Å². The minimum Gasteiger partial charge on any atom is -0.446 e. The zero-order valence-electron chi connectivity index (χ0n) is 75.1. The first-order valence-corrected chi connectivity index (χ1v) is 25.2. The van der Waals surface area contributed by atoms with E-state index in [4.69, 9.17) is 42.8 Å². The largest absolute Gasteiger partial charge is 0.446 e. The van der Waals surface area contributed by atoms with Crippen LogP contribution in [0, 0.1) is 27.4 Å². The fourth-order valence-electron chi connectivity index (χ4n) is 5.24. The molecule has 8 rings (SSSR count). The number of oxazole rings is 1. The molecule has 8 aromatic heterocycles. The molecule has 424 valence electrons. The van der Waals surface area contributed by atoms with Crippen LogP contribution < -0.4 is 0 Å². The average Bonchev–Trinajstić information content (AvgIpc) is 1.62. The molecule has 8 aromatic rings. The van der Waals surface area contributed by atoms with Gasteiger partial charge in [0.25, 0.3) is 0 Å². The Morgan fingerprint density at radius 2 is 1.22 bits per heavy atom. The summed E-state index contributed by atoms with van der Waals surface area (Å²) in [6.07, 6.45) is 12.1. The number of hydrogen-bond donors (Lipinski definition) is 0. The molecule has 19 nitrogen and oxygen atoms in total. The van der Waals surface area contributed by atoms with E-state index in [0.29, 0.717) is 29.1 Å². The van der Waals surface area contributed by atoms with Gasteiger partial charge in [-0.25, -0.2) is 15.0 Å². The first-order valence-electron chi connectivity index (χ1n) is 38.3. The second-order valence-corrected chi connectivity index (χ2v) is 19.8. The maximum atomic E-state index is 7.39. The molecule has 0 aliphatic rings. The predicted molar refractivity (Wildman–Crippen MR) is 310 cm³/mol. The van der Waals surface area contributed by atoms with Gasteiger partial charge in [-0.2, -0.15) is 5.10 Å². The van der Waals surface area contributed by atoms with Crippen LogP contribution >= 0.6 is 11.3 Å². The molecule has 0 aliphatic carbocycles. The highest BCUT2D eigenvalue weighted by Crippen LogP contribution is 2.18. The van der Waals surface area contributed by atoms with E-state index in [0.717, 1.165) is 47.0 Å². The summed E-state index contributed by atoms with van der Waals surface area (Å²) >= 11 is 1.16. The van der Waals surface area contributed by atoms with Gasteiger partial charge >= 0.3 is 0 Å². The lowest BCUT2D eigenvalue weighted by molar-refractivity contribution is 0.456. The predicted octanol–water partition coefficient (Wildman–Crippen LogP) is 13.1. The summed E-state index contributed by atoms with van der Waals surface area (Å²) in [6.45, 7) is 11.9. The van der Waals surface area contributed by atoms with Crippen molar-refractivity contribution in [2.75, 3.05) is 0 Å². The molecule has 0 unspecified atom stereocenters. The number of aryl methyl sites for hydroxylation is 8.